The first kappa shape index (κ1) is 18.2. The van der Waals surface area contributed by atoms with Crippen LogP contribution >= 0.6 is 0 Å². The maximum Gasteiger partial charge on any atom is 0.251 e. The van der Waals surface area contributed by atoms with Gasteiger partial charge in [-0.15, -0.1) is 0 Å². The number of likely N-dealkylation sites (N-methyl/N-ethyl adjacent to an activating group) is 1. The van der Waals surface area contributed by atoms with Gasteiger partial charge in [0, 0.05) is 36.3 Å². The normalized spacial score (nSPS) is 12.5. The number of nitrogens with one attached hydrogen (secondary N) is 1. The van der Waals surface area contributed by atoms with Crippen molar-refractivity contribution in [2.45, 2.75) is 19.4 Å². The van der Waals surface area contributed by atoms with E-state index in [1.807, 2.05) is 24.3 Å². The Morgan fingerprint density at radius 2 is 1.81 bits per heavy atom. The highest BCUT2D eigenvalue weighted by Crippen LogP contribution is 2.28. The molecule has 1 amide bonds. The van der Waals surface area contributed by atoms with E-state index in [2.05, 4.69) is 73.3 Å². The van der Waals surface area contributed by atoms with Gasteiger partial charge in [-0.25, -0.2) is 0 Å². The Bertz CT molecular complexity index is 893. The first-order chi connectivity index (χ1) is 12.5. The molecule has 4 nitrogen and oxygen atoms in total. The lowest BCUT2D eigenvalue weighted by molar-refractivity contribution is 0.0942. The van der Waals surface area contributed by atoms with E-state index in [9.17, 15) is 4.79 Å². The van der Waals surface area contributed by atoms with Gasteiger partial charge in [0.15, 0.2) is 0 Å². The second-order valence-electron chi connectivity index (χ2n) is 6.95. The molecule has 0 bridgehead atoms. The highest BCUT2D eigenvalue weighted by atomic mass is 16.1. The summed E-state index contributed by atoms with van der Waals surface area (Å²) < 4.78 is 2.15. The van der Waals surface area contributed by atoms with Gasteiger partial charge in [0.25, 0.3) is 5.91 Å². The molecule has 1 atom stereocenters. The zero-order valence-corrected chi connectivity index (χ0v) is 16.0. The third kappa shape index (κ3) is 3.65. The molecule has 0 fully saturated rings. The monoisotopic (exact) mass is 349 g/mol. The minimum atomic E-state index is -0.0280. The molecule has 4 heteroatoms. The number of para-hydroxylation sites is 1. The fourth-order valence-corrected chi connectivity index (χ4v) is 3.39. The summed E-state index contributed by atoms with van der Waals surface area (Å²) in [5, 5.41) is 4.33. The number of benzene rings is 2. The van der Waals surface area contributed by atoms with Gasteiger partial charge >= 0.3 is 0 Å². The largest absolute Gasteiger partial charge is 0.350 e. The number of amides is 1. The average molecular weight is 349 g/mol. The molecule has 0 saturated carbocycles. The maximum absolute atomic E-state index is 12.5. The van der Waals surface area contributed by atoms with E-state index in [0.29, 0.717) is 12.1 Å². The summed E-state index contributed by atoms with van der Waals surface area (Å²) in [6, 6.07) is 16.3. The zero-order chi connectivity index (χ0) is 18.7. The molecule has 0 aliphatic carbocycles. The van der Waals surface area contributed by atoms with Gasteiger partial charge in [0.05, 0.1) is 6.04 Å². The van der Waals surface area contributed by atoms with Gasteiger partial charge in [0.2, 0.25) is 0 Å². The van der Waals surface area contributed by atoms with Crippen LogP contribution in [0, 0.1) is 0 Å². The molecule has 1 heterocycles. The molecule has 0 spiro atoms. The molecule has 1 aromatic heterocycles. The fraction of sp³-hybridized carbons (Fsp3) is 0.318. The van der Waals surface area contributed by atoms with Crippen LogP contribution in [0.3, 0.4) is 0 Å². The number of carbonyl (C=O) groups is 1. The van der Waals surface area contributed by atoms with Gasteiger partial charge in [-0.3, -0.25) is 4.79 Å². The molecule has 3 aromatic rings. The van der Waals surface area contributed by atoms with Crippen LogP contribution in [0.4, 0.5) is 0 Å². The van der Waals surface area contributed by atoms with Crippen molar-refractivity contribution in [3.05, 3.63) is 71.4 Å². The maximum atomic E-state index is 12.5. The molecule has 136 valence electrons. The Hall–Kier alpha value is -2.59. The average Bonchev–Trinajstić information content (AvgIpc) is 2.98. The van der Waals surface area contributed by atoms with Crippen LogP contribution in [0.2, 0.25) is 0 Å². The van der Waals surface area contributed by atoms with E-state index >= 15 is 0 Å². The third-order valence-corrected chi connectivity index (χ3v) is 4.99. The Morgan fingerprint density at radius 3 is 2.46 bits per heavy atom. The molecule has 1 unspecified atom stereocenters. The van der Waals surface area contributed by atoms with Crippen LogP contribution in [0.5, 0.6) is 0 Å². The van der Waals surface area contributed by atoms with Gasteiger partial charge in [0.1, 0.15) is 0 Å². The Labute approximate surface area is 155 Å². The highest BCUT2D eigenvalue weighted by Gasteiger charge is 2.20. The first-order valence-corrected chi connectivity index (χ1v) is 9.08. The van der Waals surface area contributed by atoms with Gasteiger partial charge in [-0.1, -0.05) is 37.3 Å². The van der Waals surface area contributed by atoms with E-state index in [1.165, 1.54) is 22.0 Å². The number of aromatic nitrogens is 1. The smallest absolute Gasteiger partial charge is 0.251 e. The van der Waals surface area contributed by atoms with Crippen LogP contribution in [0.1, 0.15) is 34.5 Å². The summed E-state index contributed by atoms with van der Waals surface area (Å²) >= 11 is 0. The Morgan fingerprint density at radius 1 is 1.12 bits per heavy atom. The quantitative estimate of drug-likeness (QED) is 0.735. The summed E-state index contributed by atoms with van der Waals surface area (Å²) in [6.07, 6.45) is 3.14. The summed E-state index contributed by atoms with van der Waals surface area (Å²) in [5.41, 5.74) is 4.38. The van der Waals surface area contributed by atoms with Gasteiger partial charge in [-0.05, 0) is 49.8 Å². The van der Waals surface area contributed by atoms with Crippen LogP contribution in [0.25, 0.3) is 10.9 Å². The number of hydrogen-bond donors (Lipinski definition) is 1. The zero-order valence-electron chi connectivity index (χ0n) is 16.0. The van der Waals surface area contributed by atoms with E-state index in [4.69, 9.17) is 0 Å². The van der Waals surface area contributed by atoms with Crippen molar-refractivity contribution in [1.29, 1.82) is 0 Å². The number of rotatable bonds is 6. The number of hydrogen-bond acceptors (Lipinski definition) is 2. The molecule has 0 aliphatic heterocycles. The number of fused-ring (bicyclic) bond motifs is 1. The fourth-order valence-electron chi connectivity index (χ4n) is 3.39. The van der Waals surface area contributed by atoms with Crippen molar-refractivity contribution in [3.63, 3.8) is 0 Å². The summed E-state index contributed by atoms with van der Waals surface area (Å²) in [7, 11) is 6.16. The van der Waals surface area contributed by atoms with E-state index in [0.717, 1.165) is 6.42 Å². The van der Waals surface area contributed by atoms with Crippen molar-refractivity contribution in [3.8, 4) is 0 Å². The third-order valence-electron chi connectivity index (χ3n) is 4.99. The van der Waals surface area contributed by atoms with E-state index in [1.54, 1.807) is 0 Å². The second kappa shape index (κ2) is 7.75. The summed E-state index contributed by atoms with van der Waals surface area (Å²) in [4.78, 5) is 14.7. The molecule has 1 N–H and O–H groups in total. The van der Waals surface area contributed by atoms with Gasteiger partial charge in [-0.2, -0.15) is 0 Å². The molecular formula is C22H27N3O. The summed E-state index contributed by atoms with van der Waals surface area (Å²) in [6.45, 7) is 2.68. The van der Waals surface area contributed by atoms with Crippen molar-refractivity contribution >= 4 is 16.8 Å². The lowest BCUT2D eigenvalue weighted by atomic mass is 10.0. The molecule has 0 saturated heterocycles. The number of aryl methyl sites for hydroxylation is 2. The molecule has 3 rings (SSSR count). The topological polar surface area (TPSA) is 37.3 Å². The lowest BCUT2D eigenvalue weighted by Crippen LogP contribution is -2.34. The second-order valence-corrected chi connectivity index (χ2v) is 6.95. The van der Waals surface area contributed by atoms with Crippen molar-refractivity contribution in [1.82, 2.24) is 14.8 Å². The molecule has 0 aliphatic rings. The van der Waals surface area contributed by atoms with Gasteiger partial charge < -0.3 is 14.8 Å². The van der Waals surface area contributed by atoms with Crippen molar-refractivity contribution < 1.29 is 4.79 Å². The Kier molecular flexibility index (Phi) is 5.43. The lowest BCUT2D eigenvalue weighted by Gasteiger charge is -2.24. The molecule has 26 heavy (non-hydrogen) atoms. The minimum absolute atomic E-state index is 0.0280. The molecular weight excluding hydrogens is 322 g/mol. The van der Waals surface area contributed by atoms with Crippen LogP contribution in [0.15, 0.2) is 54.7 Å². The Balaban J connectivity index is 1.79. The number of carbonyl (C=O) groups excluding carboxylic acids is 1. The SMILES string of the molecule is CCc1ccc(C(=O)NCC(c2cn(C)c3ccccc23)N(C)C)cc1. The molecule has 0 radical (unpaired) electrons. The molecule has 2 aromatic carbocycles. The van der Waals surface area contributed by atoms with Crippen LogP contribution in [-0.2, 0) is 13.5 Å². The van der Waals surface area contributed by atoms with E-state index < -0.39 is 0 Å². The van der Waals surface area contributed by atoms with Crippen LogP contribution in [-0.4, -0.2) is 36.0 Å². The predicted octanol–water partition coefficient (Wildman–Crippen LogP) is 3.77. The summed E-state index contributed by atoms with van der Waals surface area (Å²) in [5.74, 6) is -0.0280. The van der Waals surface area contributed by atoms with Crippen molar-refractivity contribution in [2.24, 2.45) is 7.05 Å². The highest BCUT2D eigenvalue weighted by molar-refractivity contribution is 5.94. The van der Waals surface area contributed by atoms with E-state index in [-0.39, 0.29) is 11.9 Å². The first-order valence-electron chi connectivity index (χ1n) is 9.08. The minimum Gasteiger partial charge on any atom is -0.350 e. The van der Waals surface area contributed by atoms with Crippen molar-refractivity contribution in [2.75, 3.05) is 20.6 Å². The van der Waals surface area contributed by atoms with Crippen LogP contribution < -0.4 is 5.32 Å². The number of nitrogens with zero attached hydrogens (tertiary/aromatic N) is 2. The predicted molar refractivity (Wildman–Crippen MR) is 108 cm³/mol. The standard InChI is InChI=1S/C22H27N3O/c1-5-16-10-12-17(13-11-16)22(26)23-14-21(24(2)3)19-15-25(4)20-9-7-6-8-18(19)20/h6-13,15,21H,5,14H2,1-4H3,(H,23,26).